The standard InChI is InChI=1S/C19H30N2O4/c1-11(2)9-10-21(15(6)22)14(5)18(23)16-12(3)17(19(24)25-8)20(7)13(16)4/h11,14H,9-10H2,1-8H3/t14-/m0/s1. The van der Waals surface area contributed by atoms with Gasteiger partial charge in [-0.15, -0.1) is 0 Å². The van der Waals surface area contributed by atoms with Gasteiger partial charge < -0.3 is 14.2 Å². The van der Waals surface area contributed by atoms with Crippen LogP contribution in [0.2, 0.25) is 0 Å². The molecule has 0 aromatic carbocycles. The summed E-state index contributed by atoms with van der Waals surface area (Å²) in [6.07, 6.45) is 0.831. The van der Waals surface area contributed by atoms with Crippen LogP contribution in [0.25, 0.3) is 0 Å². The molecule has 0 fully saturated rings. The number of ether oxygens (including phenoxy) is 1. The molecule has 0 saturated heterocycles. The molecule has 0 aliphatic carbocycles. The van der Waals surface area contributed by atoms with E-state index in [1.165, 1.54) is 14.0 Å². The van der Waals surface area contributed by atoms with E-state index < -0.39 is 12.0 Å². The normalized spacial score (nSPS) is 12.2. The molecule has 0 aliphatic rings. The number of ketones is 1. The molecular formula is C19H30N2O4. The summed E-state index contributed by atoms with van der Waals surface area (Å²) in [7, 11) is 3.05. The number of nitrogens with zero attached hydrogens (tertiary/aromatic N) is 2. The molecule has 0 N–H and O–H groups in total. The number of methoxy groups -OCH3 is 1. The second-order valence-corrected chi connectivity index (χ2v) is 6.92. The number of hydrogen-bond donors (Lipinski definition) is 0. The molecule has 1 rings (SSSR count). The molecule has 1 atom stereocenters. The maximum absolute atomic E-state index is 13.1. The highest BCUT2D eigenvalue weighted by molar-refractivity contribution is 6.06. The first-order valence-corrected chi connectivity index (χ1v) is 8.60. The first kappa shape index (κ1) is 20.9. The first-order chi connectivity index (χ1) is 11.5. The lowest BCUT2D eigenvalue weighted by molar-refractivity contribution is -0.130. The Morgan fingerprint density at radius 1 is 1.16 bits per heavy atom. The maximum Gasteiger partial charge on any atom is 0.354 e. The zero-order valence-electron chi connectivity index (χ0n) is 16.6. The number of carbonyl (C=O) groups is 3. The van der Waals surface area contributed by atoms with E-state index in [4.69, 9.17) is 4.74 Å². The number of Topliss-reactive ketones (excluding diaryl/α,β-unsaturated/α-hetero) is 1. The number of amides is 1. The van der Waals surface area contributed by atoms with Crippen LogP contribution in [-0.2, 0) is 16.6 Å². The molecule has 0 radical (unpaired) electrons. The van der Waals surface area contributed by atoms with Crippen molar-refractivity contribution in [3.63, 3.8) is 0 Å². The van der Waals surface area contributed by atoms with Crippen LogP contribution in [0.5, 0.6) is 0 Å². The minimum atomic E-state index is -0.582. The van der Waals surface area contributed by atoms with Crippen molar-refractivity contribution in [2.75, 3.05) is 13.7 Å². The van der Waals surface area contributed by atoms with Crippen molar-refractivity contribution in [2.24, 2.45) is 13.0 Å². The van der Waals surface area contributed by atoms with E-state index in [9.17, 15) is 14.4 Å². The van der Waals surface area contributed by atoms with Gasteiger partial charge in [-0.3, -0.25) is 9.59 Å². The van der Waals surface area contributed by atoms with Crippen LogP contribution >= 0.6 is 0 Å². The van der Waals surface area contributed by atoms with Gasteiger partial charge in [0.05, 0.1) is 13.2 Å². The second-order valence-electron chi connectivity index (χ2n) is 6.92. The average molecular weight is 350 g/mol. The van der Waals surface area contributed by atoms with Crippen LogP contribution in [0.4, 0.5) is 0 Å². The number of carbonyl (C=O) groups excluding carboxylic acids is 3. The van der Waals surface area contributed by atoms with E-state index >= 15 is 0 Å². The van der Waals surface area contributed by atoms with Crippen molar-refractivity contribution < 1.29 is 19.1 Å². The summed E-state index contributed by atoms with van der Waals surface area (Å²) in [5, 5.41) is 0. The van der Waals surface area contributed by atoms with Crippen LogP contribution in [0.15, 0.2) is 0 Å². The van der Waals surface area contributed by atoms with Gasteiger partial charge in [0.15, 0.2) is 5.78 Å². The number of hydrogen-bond acceptors (Lipinski definition) is 4. The Balaban J connectivity index is 3.25. The smallest absolute Gasteiger partial charge is 0.354 e. The van der Waals surface area contributed by atoms with Crippen LogP contribution in [-0.4, -0.2) is 46.8 Å². The number of aromatic nitrogens is 1. The minimum Gasteiger partial charge on any atom is -0.464 e. The van der Waals surface area contributed by atoms with Gasteiger partial charge in [-0.05, 0) is 38.7 Å². The van der Waals surface area contributed by atoms with Gasteiger partial charge in [-0.1, -0.05) is 13.8 Å². The van der Waals surface area contributed by atoms with E-state index in [0.29, 0.717) is 35.0 Å². The molecule has 140 valence electrons. The van der Waals surface area contributed by atoms with Gasteiger partial charge in [0.1, 0.15) is 5.69 Å². The third kappa shape index (κ3) is 4.30. The topological polar surface area (TPSA) is 68.6 Å². The summed E-state index contributed by atoms with van der Waals surface area (Å²) in [6, 6.07) is -0.582. The molecule has 0 unspecified atom stereocenters. The predicted molar refractivity (Wildman–Crippen MR) is 96.9 cm³/mol. The van der Waals surface area contributed by atoms with Crippen molar-refractivity contribution >= 4 is 17.7 Å². The number of rotatable bonds is 7. The molecule has 6 nitrogen and oxygen atoms in total. The number of esters is 1. The molecule has 0 spiro atoms. The Labute approximate surface area is 150 Å². The maximum atomic E-state index is 13.1. The predicted octanol–water partition coefficient (Wildman–Crippen LogP) is 2.89. The summed E-state index contributed by atoms with van der Waals surface area (Å²) in [5.41, 5.74) is 2.15. The largest absolute Gasteiger partial charge is 0.464 e. The Bertz CT molecular complexity index is 673. The SMILES string of the molecule is COC(=O)c1c(C)c(C(=O)[C@H](C)N(CCC(C)C)C(C)=O)c(C)n1C. The van der Waals surface area contributed by atoms with E-state index in [1.807, 2.05) is 0 Å². The molecule has 1 aromatic heterocycles. The molecule has 0 bridgehead atoms. The van der Waals surface area contributed by atoms with Crippen LogP contribution in [0, 0.1) is 19.8 Å². The van der Waals surface area contributed by atoms with E-state index in [0.717, 1.165) is 6.42 Å². The first-order valence-electron chi connectivity index (χ1n) is 8.60. The molecule has 1 aromatic rings. The van der Waals surface area contributed by atoms with Gasteiger partial charge >= 0.3 is 5.97 Å². The quantitative estimate of drug-likeness (QED) is 0.560. The van der Waals surface area contributed by atoms with Gasteiger partial charge in [0.25, 0.3) is 0 Å². The third-order valence-corrected chi connectivity index (χ3v) is 4.75. The summed E-state index contributed by atoms with van der Waals surface area (Å²) < 4.78 is 6.50. The lowest BCUT2D eigenvalue weighted by Crippen LogP contribution is -2.43. The fraction of sp³-hybridized carbons (Fsp3) is 0.632. The van der Waals surface area contributed by atoms with Crippen molar-refractivity contribution in [1.82, 2.24) is 9.47 Å². The van der Waals surface area contributed by atoms with Crippen molar-refractivity contribution in [1.29, 1.82) is 0 Å². The van der Waals surface area contributed by atoms with Crippen LogP contribution in [0.1, 0.15) is 66.2 Å². The summed E-state index contributed by atoms with van der Waals surface area (Å²) in [4.78, 5) is 38.7. The highest BCUT2D eigenvalue weighted by atomic mass is 16.5. The monoisotopic (exact) mass is 350 g/mol. The zero-order valence-corrected chi connectivity index (χ0v) is 16.6. The molecule has 1 amide bonds. The summed E-state index contributed by atoms with van der Waals surface area (Å²) in [6.45, 7) is 11.5. The lowest BCUT2D eigenvalue weighted by atomic mass is 9.99. The fourth-order valence-corrected chi connectivity index (χ4v) is 3.10. The Morgan fingerprint density at radius 2 is 1.72 bits per heavy atom. The van der Waals surface area contributed by atoms with E-state index in [1.54, 1.807) is 37.3 Å². The lowest BCUT2D eigenvalue weighted by Gasteiger charge is -2.28. The zero-order chi connectivity index (χ0) is 19.5. The highest BCUT2D eigenvalue weighted by Crippen LogP contribution is 2.24. The molecule has 1 heterocycles. The second kappa shape index (κ2) is 8.32. The van der Waals surface area contributed by atoms with Gasteiger partial charge in [0.2, 0.25) is 5.91 Å². The van der Waals surface area contributed by atoms with Gasteiger partial charge in [-0.2, -0.15) is 0 Å². The summed E-state index contributed by atoms with van der Waals surface area (Å²) >= 11 is 0. The molecular weight excluding hydrogens is 320 g/mol. The molecule has 25 heavy (non-hydrogen) atoms. The van der Waals surface area contributed by atoms with Crippen molar-refractivity contribution in [3.8, 4) is 0 Å². The van der Waals surface area contributed by atoms with Crippen molar-refractivity contribution in [2.45, 2.75) is 54.0 Å². The molecule has 6 heteroatoms. The van der Waals surface area contributed by atoms with Gasteiger partial charge in [-0.25, -0.2) is 4.79 Å². The van der Waals surface area contributed by atoms with Crippen LogP contribution < -0.4 is 0 Å². The van der Waals surface area contributed by atoms with Crippen molar-refractivity contribution in [3.05, 3.63) is 22.5 Å². The Kier molecular flexibility index (Phi) is 6.96. The fourth-order valence-electron chi connectivity index (χ4n) is 3.10. The molecule has 0 saturated carbocycles. The Morgan fingerprint density at radius 3 is 2.16 bits per heavy atom. The van der Waals surface area contributed by atoms with E-state index in [-0.39, 0.29) is 11.7 Å². The average Bonchev–Trinajstić information content (AvgIpc) is 2.75. The summed E-state index contributed by atoms with van der Waals surface area (Å²) in [5.74, 6) is -0.311. The van der Waals surface area contributed by atoms with Gasteiger partial charge in [0, 0.05) is 31.8 Å². The van der Waals surface area contributed by atoms with E-state index in [2.05, 4.69) is 13.8 Å². The third-order valence-electron chi connectivity index (χ3n) is 4.75. The highest BCUT2D eigenvalue weighted by Gasteiger charge is 2.31. The Hall–Kier alpha value is -2.11. The molecule has 0 aliphatic heterocycles. The minimum absolute atomic E-state index is 0.124. The van der Waals surface area contributed by atoms with Crippen LogP contribution in [0.3, 0.4) is 0 Å².